The van der Waals surface area contributed by atoms with Crippen LogP contribution >= 0.6 is 11.8 Å². The summed E-state index contributed by atoms with van der Waals surface area (Å²) in [5.41, 5.74) is 4.77. The Morgan fingerprint density at radius 2 is 1.92 bits per heavy atom. The highest BCUT2D eigenvalue weighted by molar-refractivity contribution is 8.00. The smallest absolute Gasteiger partial charge is 0.316 e. The maximum atomic E-state index is 13.3. The molecule has 4 fully saturated rings. The molecule has 4 aliphatic rings. The standard InChI is InChI=1S/C29H47NO5S/c1-6-27(4)15-24(35-25(33)16-36-21-11-10-19(30)12-20(21)31)28(5)18(3)13-29(14-22(28)29)23(32)9-7-8-17(2)26(27)34/h6,17-22,24,26,31,34H,1,7-16,30H2,2-5H3/t17-,18?,19-,20-,21-,22-,24-,26+,27-,28-,29?/m1/s1. The van der Waals surface area contributed by atoms with Gasteiger partial charge in [0.05, 0.1) is 18.0 Å². The second kappa shape index (κ2) is 10.3. The van der Waals surface area contributed by atoms with Gasteiger partial charge in [-0.1, -0.05) is 33.8 Å². The van der Waals surface area contributed by atoms with Crippen LogP contribution in [0.25, 0.3) is 0 Å². The number of esters is 1. The lowest BCUT2D eigenvalue weighted by Crippen LogP contribution is -2.47. The fourth-order valence-corrected chi connectivity index (χ4v) is 8.94. The minimum absolute atomic E-state index is 0.00975. The van der Waals surface area contributed by atoms with Crippen molar-refractivity contribution in [2.75, 3.05) is 5.75 Å². The predicted molar refractivity (Wildman–Crippen MR) is 143 cm³/mol. The van der Waals surface area contributed by atoms with Crippen LogP contribution in [-0.2, 0) is 14.3 Å². The fourth-order valence-electron chi connectivity index (χ4n) is 7.89. The molecular formula is C29H47NO5S. The predicted octanol–water partition coefficient (Wildman–Crippen LogP) is 4.26. The summed E-state index contributed by atoms with van der Waals surface area (Å²) in [6, 6.07) is 0.0238. The highest BCUT2D eigenvalue weighted by Crippen LogP contribution is 2.75. The van der Waals surface area contributed by atoms with Gasteiger partial charge in [-0.2, -0.15) is 0 Å². The van der Waals surface area contributed by atoms with Crippen molar-refractivity contribution in [2.45, 2.75) is 115 Å². The van der Waals surface area contributed by atoms with Crippen molar-refractivity contribution in [1.82, 2.24) is 0 Å². The Bertz CT molecular complexity index is 867. The molecule has 0 aromatic rings. The summed E-state index contributed by atoms with van der Waals surface area (Å²) < 4.78 is 6.32. The third-order valence-corrected chi connectivity index (χ3v) is 12.0. The van der Waals surface area contributed by atoms with Crippen LogP contribution in [-0.4, -0.2) is 57.3 Å². The monoisotopic (exact) mass is 521 g/mol. The average molecular weight is 522 g/mol. The van der Waals surface area contributed by atoms with Gasteiger partial charge in [0, 0.05) is 34.0 Å². The van der Waals surface area contributed by atoms with Crippen molar-refractivity contribution in [3.05, 3.63) is 12.7 Å². The van der Waals surface area contributed by atoms with Crippen LogP contribution in [0.15, 0.2) is 12.7 Å². The molecule has 0 heterocycles. The highest BCUT2D eigenvalue weighted by atomic mass is 32.2. The molecule has 36 heavy (non-hydrogen) atoms. The summed E-state index contributed by atoms with van der Waals surface area (Å²) in [5, 5.41) is 21.8. The number of Topliss-reactive ketones (excluding diaryl/α,β-unsaturated/α-hetero) is 1. The normalized spacial score (nSPS) is 49.4. The Morgan fingerprint density at radius 1 is 1.19 bits per heavy atom. The average Bonchev–Trinajstić information content (AvgIpc) is 3.51. The maximum absolute atomic E-state index is 13.3. The minimum Gasteiger partial charge on any atom is -0.461 e. The molecule has 0 radical (unpaired) electrons. The number of aliphatic hydroxyl groups is 2. The molecule has 6 nitrogen and oxygen atoms in total. The van der Waals surface area contributed by atoms with Gasteiger partial charge < -0.3 is 20.7 Å². The Kier molecular flexibility index (Phi) is 8.09. The molecule has 0 saturated heterocycles. The molecule has 0 spiro atoms. The zero-order valence-corrected chi connectivity index (χ0v) is 23.4. The van der Waals surface area contributed by atoms with Crippen LogP contribution in [0.1, 0.15) is 85.5 Å². The number of hydrogen-bond acceptors (Lipinski definition) is 7. The summed E-state index contributed by atoms with van der Waals surface area (Å²) in [6.07, 6.45) is 6.88. The first-order chi connectivity index (χ1) is 16.9. The molecule has 2 bridgehead atoms. The largest absolute Gasteiger partial charge is 0.461 e. The van der Waals surface area contributed by atoms with Crippen molar-refractivity contribution in [3.63, 3.8) is 0 Å². The molecule has 0 aromatic heterocycles. The summed E-state index contributed by atoms with van der Waals surface area (Å²) in [6.45, 7) is 12.5. The molecule has 7 heteroatoms. The molecular weight excluding hydrogens is 474 g/mol. The van der Waals surface area contributed by atoms with E-state index in [1.165, 1.54) is 11.8 Å². The quantitative estimate of drug-likeness (QED) is 0.366. The van der Waals surface area contributed by atoms with Crippen molar-refractivity contribution in [3.8, 4) is 0 Å². The molecule has 4 rings (SSSR count). The second-order valence-corrected chi connectivity index (χ2v) is 14.2. The van der Waals surface area contributed by atoms with Gasteiger partial charge in [0.25, 0.3) is 0 Å². The minimum atomic E-state index is -0.633. The number of thioether (sulfide) groups is 1. The maximum Gasteiger partial charge on any atom is 0.316 e. The van der Waals surface area contributed by atoms with Gasteiger partial charge in [0.1, 0.15) is 11.9 Å². The Morgan fingerprint density at radius 3 is 2.58 bits per heavy atom. The number of carbonyl (C=O) groups is 2. The lowest BCUT2D eigenvalue weighted by Gasteiger charge is -2.45. The Balaban J connectivity index is 1.57. The van der Waals surface area contributed by atoms with Crippen molar-refractivity contribution < 1.29 is 24.5 Å². The van der Waals surface area contributed by atoms with Gasteiger partial charge in [-0.25, -0.2) is 0 Å². The van der Waals surface area contributed by atoms with E-state index in [0.29, 0.717) is 25.0 Å². The van der Waals surface area contributed by atoms with E-state index in [0.717, 1.165) is 38.5 Å². The van der Waals surface area contributed by atoms with Gasteiger partial charge in [0.2, 0.25) is 0 Å². The third-order valence-electron chi connectivity index (χ3n) is 10.7. The molecule has 11 atom stereocenters. The topological polar surface area (TPSA) is 110 Å². The molecule has 0 amide bonds. The van der Waals surface area contributed by atoms with Crippen molar-refractivity contribution in [1.29, 1.82) is 0 Å². The van der Waals surface area contributed by atoms with E-state index in [9.17, 15) is 19.8 Å². The van der Waals surface area contributed by atoms with Crippen LogP contribution in [0.2, 0.25) is 0 Å². The summed E-state index contributed by atoms with van der Waals surface area (Å²) in [7, 11) is 0. The molecule has 4 N–H and O–H groups in total. The van der Waals surface area contributed by atoms with Crippen LogP contribution in [0.3, 0.4) is 0 Å². The van der Waals surface area contributed by atoms with Gasteiger partial charge in [0.15, 0.2) is 0 Å². The zero-order chi connectivity index (χ0) is 26.5. The van der Waals surface area contributed by atoms with E-state index < -0.39 is 23.7 Å². The van der Waals surface area contributed by atoms with Gasteiger partial charge in [-0.15, -0.1) is 18.3 Å². The molecule has 0 aromatic carbocycles. The van der Waals surface area contributed by atoms with Gasteiger partial charge >= 0.3 is 5.97 Å². The number of aliphatic hydroxyl groups excluding tert-OH is 2. The first-order valence-electron chi connectivity index (χ1n) is 14.0. The van der Waals surface area contributed by atoms with E-state index in [1.807, 2.05) is 19.9 Å². The Hall–Kier alpha value is -0.890. The van der Waals surface area contributed by atoms with E-state index in [-0.39, 0.29) is 51.6 Å². The molecule has 2 unspecified atom stereocenters. The number of ether oxygens (including phenoxy) is 1. The lowest BCUT2D eigenvalue weighted by molar-refractivity contribution is -0.160. The summed E-state index contributed by atoms with van der Waals surface area (Å²) >= 11 is 1.46. The van der Waals surface area contributed by atoms with E-state index in [2.05, 4.69) is 20.4 Å². The summed E-state index contributed by atoms with van der Waals surface area (Å²) in [5.74, 6) is 0.713. The summed E-state index contributed by atoms with van der Waals surface area (Å²) in [4.78, 5) is 26.6. The molecule has 0 aliphatic heterocycles. The number of carbonyl (C=O) groups excluding carboxylic acids is 2. The number of ketones is 1. The SMILES string of the molecule is C=C[C@]1(C)C[C@@H](OC(=O)CS[C@@H]2CC[C@@H](N)C[C@H]2O)[C@]2(C)C(C)CC3(C[C@@H]32)C(=O)CCC[C@@H](C)[C@@H]1O. The number of nitrogens with two attached hydrogens (primary N) is 1. The highest BCUT2D eigenvalue weighted by Gasteiger charge is 2.74. The first kappa shape index (κ1) is 28.1. The van der Waals surface area contributed by atoms with Gasteiger partial charge in [-0.05, 0) is 69.1 Å². The first-order valence-corrected chi connectivity index (χ1v) is 15.0. The lowest BCUT2D eigenvalue weighted by atomic mass is 9.65. The van der Waals surface area contributed by atoms with Crippen molar-refractivity contribution >= 4 is 23.5 Å². The van der Waals surface area contributed by atoms with Gasteiger partial charge in [-0.3, -0.25) is 9.59 Å². The van der Waals surface area contributed by atoms with Crippen LogP contribution < -0.4 is 5.73 Å². The van der Waals surface area contributed by atoms with E-state index in [4.69, 9.17) is 10.5 Å². The molecule has 4 aliphatic carbocycles. The molecule has 204 valence electrons. The molecule has 4 saturated carbocycles. The number of rotatable bonds is 5. The zero-order valence-electron chi connectivity index (χ0n) is 22.6. The van der Waals surface area contributed by atoms with Crippen LogP contribution in [0, 0.1) is 34.0 Å². The van der Waals surface area contributed by atoms with Crippen LogP contribution in [0.4, 0.5) is 0 Å². The Labute approximate surface area is 221 Å². The van der Waals surface area contributed by atoms with E-state index in [1.54, 1.807) is 0 Å². The fraction of sp³-hybridized carbons (Fsp3) is 0.862. The number of hydrogen-bond donors (Lipinski definition) is 3. The van der Waals surface area contributed by atoms with Crippen LogP contribution in [0.5, 0.6) is 0 Å². The second-order valence-electron chi connectivity index (χ2n) is 13.0. The third kappa shape index (κ3) is 4.94. The van der Waals surface area contributed by atoms with Crippen molar-refractivity contribution in [2.24, 2.45) is 39.7 Å². The van der Waals surface area contributed by atoms with E-state index >= 15 is 0 Å².